The predicted molar refractivity (Wildman–Crippen MR) is 90.4 cm³/mol. The second-order valence-corrected chi connectivity index (χ2v) is 6.72. The summed E-state index contributed by atoms with van der Waals surface area (Å²) in [7, 11) is -4.50. The Morgan fingerprint density at radius 1 is 1.20 bits per heavy atom. The minimum absolute atomic E-state index is 0.00509. The van der Waals surface area contributed by atoms with Crippen LogP contribution in [0.1, 0.15) is 31.9 Å². The zero-order valence-corrected chi connectivity index (χ0v) is 15.0. The second-order valence-electron chi connectivity index (χ2n) is 5.22. The standard InChI is InChI=1S/C16H23NO7S/c1-3-10-24-14(12-8-6-5-7-9-12)15(18)17-13(11-25(20,21)22)16(19)23-4-2/h5-9,13-14H,3-4,10-11H2,1-2H3,(H,17,18)(H,20,21,22)/t13-,14?/m0/s1. The van der Waals surface area contributed by atoms with Gasteiger partial charge in [-0.25, -0.2) is 4.79 Å². The van der Waals surface area contributed by atoms with Gasteiger partial charge in [0, 0.05) is 6.61 Å². The summed E-state index contributed by atoms with van der Waals surface area (Å²) < 4.78 is 41.5. The van der Waals surface area contributed by atoms with Crippen LogP contribution in [0.3, 0.4) is 0 Å². The van der Waals surface area contributed by atoms with Crippen LogP contribution >= 0.6 is 0 Å². The summed E-state index contributed by atoms with van der Waals surface area (Å²) in [5.41, 5.74) is 0.558. The molecule has 8 nitrogen and oxygen atoms in total. The maximum atomic E-state index is 12.5. The normalized spacial score (nSPS) is 13.7. The summed E-state index contributed by atoms with van der Waals surface area (Å²) in [4.78, 5) is 24.4. The molecule has 0 radical (unpaired) electrons. The summed E-state index contributed by atoms with van der Waals surface area (Å²) in [6, 6.07) is 7.07. The number of hydrogen-bond donors (Lipinski definition) is 2. The quantitative estimate of drug-likeness (QED) is 0.465. The van der Waals surface area contributed by atoms with Crippen molar-refractivity contribution in [1.29, 1.82) is 0 Å². The molecule has 2 atom stereocenters. The van der Waals surface area contributed by atoms with E-state index in [1.54, 1.807) is 37.3 Å². The maximum absolute atomic E-state index is 12.5. The summed E-state index contributed by atoms with van der Waals surface area (Å²) in [6.45, 7) is 3.72. The van der Waals surface area contributed by atoms with Gasteiger partial charge in [-0.3, -0.25) is 9.35 Å². The number of benzene rings is 1. The van der Waals surface area contributed by atoms with Crippen molar-refractivity contribution in [3.05, 3.63) is 35.9 Å². The molecule has 2 N–H and O–H groups in total. The SMILES string of the molecule is CCCOC(C(=O)N[C@@H](CS(=O)(=O)O)C(=O)OCC)c1ccccc1. The molecule has 0 aliphatic rings. The van der Waals surface area contributed by atoms with Gasteiger partial charge in [-0.1, -0.05) is 37.3 Å². The molecule has 9 heteroatoms. The number of hydrogen-bond acceptors (Lipinski definition) is 6. The third-order valence-electron chi connectivity index (χ3n) is 3.09. The largest absolute Gasteiger partial charge is 0.464 e. The lowest BCUT2D eigenvalue weighted by atomic mass is 10.1. The van der Waals surface area contributed by atoms with Gasteiger partial charge in [0.1, 0.15) is 11.8 Å². The van der Waals surface area contributed by atoms with Crippen LogP contribution in [0, 0.1) is 0 Å². The third kappa shape index (κ3) is 7.63. The van der Waals surface area contributed by atoms with Crippen molar-refractivity contribution in [2.45, 2.75) is 32.4 Å². The van der Waals surface area contributed by atoms with Gasteiger partial charge in [-0.15, -0.1) is 0 Å². The van der Waals surface area contributed by atoms with Crippen molar-refractivity contribution < 1.29 is 32.0 Å². The highest BCUT2D eigenvalue weighted by Gasteiger charge is 2.31. The van der Waals surface area contributed by atoms with Crippen LogP contribution in [-0.2, 0) is 29.2 Å². The lowest BCUT2D eigenvalue weighted by Gasteiger charge is -2.21. The van der Waals surface area contributed by atoms with E-state index in [9.17, 15) is 18.0 Å². The zero-order chi connectivity index (χ0) is 18.9. The molecule has 0 fully saturated rings. The number of ether oxygens (including phenoxy) is 2. The fraction of sp³-hybridized carbons (Fsp3) is 0.500. The van der Waals surface area contributed by atoms with Crippen molar-refractivity contribution in [3.63, 3.8) is 0 Å². The number of nitrogens with one attached hydrogen (secondary N) is 1. The Morgan fingerprint density at radius 3 is 2.36 bits per heavy atom. The van der Waals surface area contributed by atoms with Crippen LogP contribution < -0.4 is 5.32 Å². The van der Waals surface area contributed by atoms with Crippen molar-refractivity contribution in [2.75, 3.05) is 19.0 Å². The Hall–Kier alpha value is -1.97. The average Bonchev–Trinajstić information content (AvgIpc) is 2.54. The van der Waals surface area contributed by atoms with Gasteiger partial charge < -0.3 is 14.8 Å². The van der Waals surface area contributed by atoms with E-state index in [1.807, 2.05) is 6.92 Å². The first-order valence-electron chi connectivity index (χ1n) is 7.87. The molecule has 1 amide bonds. The highest BCUT2D eigenvalue weighted by molar-refractivity contribution is 7.85. The molecule has 1 aromatic rings. The van der Waals surface area contributed by atoms with E-state index in [0.29, 0.717) is 18.6 Å². The Kier molecular flexibility index (Phi) is 8.53. The van der Waals surface area contributed by atoms with Gasteiger partial charge in [0.05, 0.1) is 6.61 Å². The van der Waals surface area contributed by atoms with Crippen molar-refractivity contribution >= 4 is 22.0 Å². The van der Waals surface area contributed by atoms with Gasteiger partial charge >= 0.3 is 5.97 Å². The molecule has 25 heavy (non-hydrogen) atoms. The number of amides is 1. The number of carbonyl (C=O) groups is 2. The van der Waals surface area contributed by atoms with Crippen LogP contribution in [0.4, 0.5) is 0 Å². The Morgan fingerprint density at radius 2 is 1.84 bits per heavy atom. The summed E-state index contributed by atoms with van der Waals surface area (Å²) in [5, 5.41) is 2.29. The molecular weight excluding hydrogens is 350 g/mol. The molecule has 140 valence electrons. The molecule has 0 spiro atoms. The molecule has 1 unspecified atom stereocenters. The molecule has 0 saturated heterocycles. The van der Waals surface area contributed by atoms with Crippen LogP contribution in [-0.4, -0.2) is 49.9 Å². The molecule has 1 rings (SSSR count). The predicted octanol–water partition coefficient (Wildman–Crippen LogP) is 1.09. The van der Waals surface area contributed by atoms with E-state index in [2.05, 4.69) is 5.32 Å². The first-order chi connectivity index (χ1) is 11.8. The van der Waals surface area contributed by atoms with E-state index < -0.39 is 39.9 Å². The van der Waals surface area contributed by atoms with Gasteiger partial charge in [-0.05, 0) is 18.9 Å². The minimum atomic E-state index is -4.50. The molecule has 0 aliphatic carbocycles. The Balaban J connectivity index is 2.98. The van der Waals surface area contributed by atoms with Crippen molar-refractivity contribution in [3.8, 4) is 0 Å². The van der Waals surface area contributed by atoms with Crippen LogP contribution in [0.15, 0.2) is 30.3 Å². The van der Waals surface area contributed by atoms with E-state index in [4.69, 9.17) is 14.0 Å². The Bertz CT molecular complexity index is 660. The Labute approximate surface area is 147 Å². The zero-order valence-electron chi connectivity index (χ0n) is 14.2. The lowest BCUT2D eigenvalue weighted by molar-refractivity contribution is -0.148. The molecule has 0 saturated carbocycles. The molecule has 0 aliphatic heterocycles. The van der Waals surface area contributed by atoms with E-state index in [-0.39, 0.29) is 6.61 Å². The van der Waals surface area contributed by atoms with E-state index >= 15 is 0 Å². The summed E-state index contributed by atoms with van der Waals surface area (Å²) in [5.74, 6) is -2.62. The highest BCUT2D eigenvalue weighted by Crippen LogP contribution is 2.18. The number of esters is 1. The van der Waals surface area contributed by atoms with Gasteiger partial charge in [0.2, 0.25) is 0 Å². The molecular formula is C16H23NO7S. The average molecular weight is 373 g/mol. The van der Waals surface area contributed by atoms with Gasteiger partial charge in [0.25, 0.3) is 16.0 Å². The maximum Gasteiger partial charge on any atom is 0.329 e. The second kappa shape index (κ2) is 10.1. The van der Waals surface area contributed by atoms with Gasteiger partial charge in [-0.2, -0.15) is 8.42 Å². The third-order valence-corrected chi connectivity index (χ3v) is 3.85. The fourth-order valence-electron chi connectivity index (χ4n) is 2.06. The molecule has 0 bridgehead atoms. The first kappa shape index (κ1) is 21.1. The number of rotatable bonds is 10. The topological polar surface area (TPSA) is 119 Å². The first-order valence-corrected chi connectivity index (χ1v) is 9.48. The lowest BCUT2D eigenvalue weighted by Crippen LogP contribution is -2.48. The number of carbonyl (C=O) groups excluding carboxylic acids is 2. The van der Waals surface area contributed by atoms with Crippen molar-refractivity contribution in [1.82, 2.24) is 5.32 Å². The highest BCUT2D eigenvalue weighted by atomic mass is 32.2. The van der Waals surface area contributed by atoms with Crippen LogP contribution in [0.2, 0.25) is 0 Å². The van der Waals surface area contributed by atoms with Gasteiger partial charge in [0.15, 0.2) is 6.10 Å². The van der Waals surface area contributed by atoms with E-state index in [1.165, 1.54) is 0 Å². The minimum Gasteiger partial charge on any atom is -0.464 e. The van der Waals surface area contributed by atoms with E-state index in [0.717, 1.165) is 0 Å². The van der Waals surface area contributed by atoms with Crippen molar-refractivity contribution in [2.24, 2.45) is 0 Å². The fourth-order valence-corrected chi connectivity index (χ4v) is 2.70. The van der Waals surface area contributed by atoms with Crippen LogP contribution in [0.5, 0.6) is 0 Å². The molecule has 0 aromatic heterocycles. The molecule has 0 heterocycles. The molecule has 1 aromatic carbocycles. The monoisotopic (exact) mass is 373 g/mol. The summed E-state index contributed by atoms with van der Waals surface area (Å²) in [6.07, 6.45) is -0.345. The summed E-state index contributed by atoms with van der Waals surface area (Å²) >= 11 is 0. The van der Waals surface area contributed by atoms with Crippen LogP contribution in [0.25, 0.3) is 0 Å². The smallest absolute Gasteiger partial charge is 0.329 e.